The molecule has 0 radical (unpaired) electrons. The van der Waals surface area contributed by atoms with E-state index < -0.39 is 0 Å². The molecule has 0 saturated heterocycles. The number of aromatic hydroxyl groups is 2. The summed E-state index contributed by atoms with van der Waals surface area (Å²) in [5.74, 6) is 0.370. The van der Waals surface area contributed by atoms with E-state index in [1.165, 1.54) is 0 Å². The minimum absolute atomic E-state index is 0.0844. The molecule has 0 saturated carbocycles. The van der Waals surface area contributed by atoms with E-state index in [-0.39, 0.29) is 11.5 Å². The summed E-state index contributed by atoms with van der Waals surface area (Å²) in [6.07, 6.45) is 0. The van der Waals surface area contributed by atoms with Gasteiger partial charge in [0.1, 0.15) is 11.5 Å². The minimum atomic E-state index is 0.0844. The van der Waals surface area contributed by atoms with E-state index in [1.54, 1.807) is 30.3 Å². The molecule has 0 aromatic heterocycles. The van der Waals surface area contributed by atoms with E-state index in [0.29, 0.717) is 18.1 Å². The van der Waals surface area contributed by atoms with Crippen LogP contribution in [0.15, 0.2) is 42.5 Å². The molecule has 0 amide bonds. The molecule has 0 bridgehead atoms. The summed E-state index contributed by atoms with van der Waals surface area (Å²) in [4.78, 5) is 0. The summed E-state index contributed by atoms with van der Waals surface area (Å²) >= 11 is 5.82. The third-order valence-electron chi connectivity index (χ3n) is 2.65. The molecule has 0 atom stereocenters. The molecule has 3 N–H and O–H groups in total. The van der Waals surface area contributed by atoms with Gasteiger partial charge in [0.25, 0.3) is 0 Å². The summed E-state index contributed by atoms with van der Waals surface area (Å²) in [6.45, 7) is 1.19. The first-order valence-corrected chi connectivity index (χ1v) is 5.99. The zero-order chi connectivity index (χ0) is 13.0. The number of hydrogen-bond acceptors (Lipinski definition) is 3. The highest BCUT2D eigenvalue weighted by atomic mass is 35.5. The first-order chi connectivity index (χ1) is 8.66. The van der Waals surface area contributed by atoms with Crippen molar-refractivity contribution in [3.05, 3.63) is 58.6 Å². The molecular formula is C14H14ClNO2. The van der Waals surface area contributed by atoms with Gasteiger partial charge in [-0.05, 0) is 23.8 Å². The highest BCUT2D eigenvalue weighted by Gasteiger charge is 2.01. The van der Waals surface area contributed by atoms with Gasteiger partial charge in [-0.2, -0.15) is 0 Å². The second kappa shape index (κ2) is 5.76. The Balaban J connectivity index is 1.92. The number of para-hydroxylation sites is 1. The lowest BCUT2D eigenvalue weighted by Crippen LogP contribution is -2.12. The van der Waals surface area contributed by atoms with Gasteiger partial charge in [0.05, 0.1) is 5.02 Å². The van der Waals surface area contributed by atoms with Gasteiger partial charge in [-0.25, -0.2) is 0 Å². The number of rotatable bonds is 4. The molecule has 0 aliphatic carbocycles. The van der Waals surface area contributed by atoms with Crippen LogP contribution in [0.2, 0.25) is 5.02 Å². The maximum absolute atomic E-state index is 9.59. The third kappa shape index (κ3) is 3.15. The second-order valence-electron chi connectivity index (χ2n) is 4.02. The van der Waals surface area contributed by atoms with Crippen LogP contribution in [-0.2, 0) is 13.1 Å². The molecule has 4 heteroatoms. The minimum Gasteiger partial charge on any atom is -0.508 e. The van der Waals surface area contributed by atoms with Crippen molar-refractivity contribution < 1.29 is 10.2 Å². The molecule has 0 aliphatic rings. The van der Waals surface area contributed by atoms with Crippen molar-refractivity contribution in [2.45, 2.75) is 13.1 Å². The number of nitrogens with one attached hydrogen (secondary N) is 1. The highest BCUT2D eigenvalue weighted by molar-refractivity contribution is 6.32. The van der Waals surface area contributed by atoms with Crippen molar-refractivity contribution in [3.8, 4) is 11.5 Å². The molecule has 0 unspecified atom stereocenters. The summed E-state index contributed by atoms with van der Waals surface area (Å²) < 4.78 is 0. The summed E-state index contributed by atoms with van der Waals surface area (Å²) in [7, 11) is 0. The Labute approximate surface area is 111 Å². The summed E-state index contributed by atoms with van der Waals surface area (Å²) in [5, 5.41) is 22.4. The van der Waals surface area contributed by atoms with Crippen molar-refractivity contribution in [2.75, 3.05) is 0 Å². The van der Waals surface area contributed by atoms with Gasteiger partial charge in [-0.3, -0.25) is 0 Å². The average Bonchev–Trinajstić information content (AvgIpc) is 2.36. The van der Waals surface area contributed by atoms with Crippen molar-refractivity contribution >= 4 is 11.6 Å². The lowest BCUT2D eigenvalue weighted by Gasteiger charge is -2.07. The smallest absolute Gasteiger partial charge is 0.134 e. The van der Waals surface area contributed by atoms with Crippen LogP contribution in [0.4, 0.5) is 0 Å². The second-order valence-corrected chi connectivity index (χ2v) is 4.43. The van der Waals surface area contributed by atoms with Crippen LogP contribution in [-0.4, -0.2) is 10.2 Å². The fourth-order valence-corrected chi connectivity index (χ4v) is 1.87. The van der Waals surface area contributed by atoms with Gasteiger partial charge in [-0.1, -0.05) is 35.9 Å². The maximum Gasteiger partial charge on any atom is 0.134 e. The number of phenolic OH excluding ortho intramolecular Hbond substituents is 2. The number of halogens is 1. The van der Waals surface area contributed by atoms with Crippen LogP contribution in [0.25, 0.3) is 0 Å². The Morgan fingerprint density at radius 2 is 1.72 bits per heavy atom. The van der Waals surface area contributed by atoms with Crippen molar-refractivity contribution in [3.63, 3.8) is 0 Å². The van der Waals surface area contributed by atoms with Crippen LogP contribution in [0.1, 0.15) is 11.1 Å². The van der Waals surface area contributed by atoms with Gasteiger partial charge in [0.15, 0.2) is 0 Å². The Morgan fingerprint density at radius 3 is 2.44 bits per heavy atom. The number of benzene rings is 2. The van der Waals surface area contributed by atoms with Crippen molar-refractivity contribution in [1.82, 2.24) is 5.32 Å². The normalized spacial score (nSPS) is 10.5. The topological polar surface area (TPSA) is 52.5 Å². The first-order valence-electron chi connectivity index (χ1n) is 5.62. The predicted molar refractivity (Wildman–Crippen MR) is 71.8 cm³/mol. The largest absolute Gasteiger partial charge is 0.508 e. The monoisotopic (exact) mass is 263 g/mol. The number of hydrogen-bond donors (Lipinski definition) is 3. The number of phenols is 2. The van der Waals surface area contributed by atoms with E-state index in [1.807, 2.05) is 12.1 Å². The zero-order valence-corrected chi connectivity index (χ0v) is 10.5. The van der Waals surface area contributed by atoms with Crippen LogP contribution in [0.5, 0.6) is 11.5 Å². The molecule has 2 rings (SSSR count). The Morgan fingerprint density at radius 1 is 0.944 bits per heavy atom. The fourth-order valence-electron chi connectivity index (χ4n) is 1.66. The van der Waals surface area contributed by atoms with E-state index in [0.717, 1.165) is 11.1 Å². The molecule has 0 spiro atoms. The molecule has 94 valence electrons. The highest BCUT2D eigenvalue weighted by Crippen LogP contribution is 2.23. The van der Waals surface area contributed by atoms with Crippen LogP contribution < -0.4 is 5.32 Å². The maximum atomic E-state index is 9.59. The quantitative estimate of drug-likeness (QED) is 0.795. The van der Waals surface area contributed by atoms with E-state index in [4.69, 9.17) is 11.6 Å². The van der Waals surface area contributed by atoms with Crippen LogP contribution in [0.3, 0.4) is 0 Å². The van der Waals surface area contributed by atoms with Gasteiger partial charge < -0.3 is 15.5 Å². The molecule has 3 nitrogen and oxygen atoms in total. The molecule has 2 aromatic rings. The summed E-state index contributed by atoms with van der Waals surface area (Å²) in [6, 6.07) is 12.3. The van der Waals surface area contributed by atoms with Gasteiger partial charge in [0, 0.05) is 18.7 Å². The molecule has 2 aromatic carbocycles. The van der Waals surface area contributed by atoms with E-state index >= 15 is 0 Å². The molecule has 0 heterocycles. The van der Waals surface area contributed by atoms with Gasteiger partial charge >= 0.3 is 0 Å². The lowest BCUT2D eigenvalue weighted by molar-refractivity contribution is 0.464. The average molecular weight is 264 g/mol. The van der Waals surface area contributed by atoms with E-state index in [9.17, 15) is 10.2 Å². The SMILES string of the molecule is Oc1ccc(CNCc2ccccc2O)cc1Cl. The first kappa shape index (κ1) is 12.7. The molecule has 0 aliphatic heterocycles. The van der Waals surface area contributed by atoms with Crippen molar-refractivity contribution in [2.24, 2.45) is 0 Å². The fraction of sp³-hybridized carbons (Fsp3) is 0.143. The summed E-state index contributed by atoms with van der Waals surface area (Å²) in [5.41, 5.74) is 1.83. The van der Waals surface area contributed by atoms with Crippen molar-refractivity contribution in [1.29, 1.82) is 0 Å². The predicted octanol–water partition coefficient (Wildman–Crippen LogP) is 3.04. The molecule has 0 fully saturated rings. The Hall–Kier alpha value is -1.71. The molecule has 18 heavy (non-hydrogen) atoms. The standard InChI is InChI=1S/C14H14ClNO2/c15-12-7-10(5-6-14(12)18)8-16-9-11-3-1-2-4-13(11)17/h1-7,16-18H,8-9H2. The Bertz CT molecular complexity index is 543. The van der Waals surface area contributed by atoms with Gasteiger partial charge in [0.2, 0.25) is 0 Å². The van der Waals surface area contributed by atoms with E-state index in [2.05, 4.69) is 5.32 Å². The lowest BCUT2D eigenvalue weighted by atomic mass is 10.2. The van der Waals surface area contributed by atoms with Gasteiger partial charge in [-0.15, -0.1) is 0 Å². The van der Waals surface area contributed by atoms with Crippen LogP contribution >= 0.6 is 11.6 Å². The third-order valence-corrected chi connectivity index (χ3v) is 2.95. The molecular weight excluding hydrogens is 250 g/mol. The van der Waals surface area contributed by atoms with Crippen LogP contribution in [0, 0.1) is 0 Å². The zero-order valence-electron chi connectivity index (χ0n) is 9.73. The Kier molecular flexibility index (Phi) is 4.07.